The van der Waals surface area contributed by atoms with Crippen molar-refractivity contribution in [3.05, 3.63) is 29.7 Å². The Kier molecular flexibility index (Phi) is 4.13. The Hall–Kier alpha value is -1.92. The predicted octanol–water partition coefficient (Wildman–Crippen LogP) is 1.57. The summed E-state index contributed by atoms with van der Waals surface area (Å²) in [4.78, 5) is 12.3. The quantitative estimate of drug-likeness (QED) is 0.786. The van der Waals surface area contributed by atoms with E-state index in [0.29, 0.717) is 34.5 Å². The molecule has 0 aliphatic carbocycles. The number of nitrogens with one attached hydrogen (secondary N) is 1. The zero-order valence-electron chi connectivity index (χ0n) is 10.3. The van der Waals surface area contributed by atoms with E-state index in [0.717, 1.165) is 0 Å². The van der Waals surface area contributed by atoms with Gasteiger partial charge in [0.15, 0.2) is 0 Å². The summed E-state index contributed by atoms with van der Waals surface area (Å²) in [6.45, 7) is 2.08. The molecule has 0 aliphatic heterocycles. The Morgan fingerprint density at radius 3 is 2.95 bits per heavy atom. The van der Waals surface area contributed by atoms with Crippen LogP contribution >= 0.6 is 11.6 Å². The van der Waals surface area contributed by atoms with Gasteiger partial charge in [0.05, 0.1) is 29.2 Å². The normalized spacial score (nSPS) is 12.2. The zero-order valence-corrected chi connectivity index (χ0v) is 11.1. The van der Waals surface area contributed by atoms with Gasteiger partial charge in [0.1, 0.15) is 11.6 Å². The number of nitrogens with two attached hydrogens (primary N) is 1. The number of anilines is 2. The first kappa shape index (κ1) is 13.5. The van der Waals surface area contributed by atoms with E-state index in [2.05, 4.69) is 20.3 Å². The van der Waals surface area contributed by atoms with Crippen molar-refractivity contribution in [3.63, 3.8) is 0 Å². The Bertz CT molecular complexity index is 576. The van der Waals surface area contributed by atoms with E-state index >= 15 is 0 Å². The fourth-order valence-corrected chi connectivity index (χ4v) is 1.68. The van der Waals surface area contributed by atoms with Crippen LogP contribution in [0, 0.1) is 0 Å². The number of rotatable bonds is 4. The fraction of sp³-hybridized carbons (Fsp3) is 0.250. The van der Waals surface area contributed by atoms with Crippen molar-refractivity contribution in [3.8, 4) is 11.3 Å². The standard InChI is InChI=1S/C12H14ClN5O/c1-7(19)3-17-12-6-15-5-10(18-12)8-2-11(14)16-4-9(8)13/h2,4-7,19H,3H2,1H3,(H2,14,16)(H,17,18)/t7-/m1/s1. The second-order valence-corrected chi connectivity index (χ2v) is 4.52. The number of halogens is 1. The van der Waals surface area contributed by atoms with Crippen LogP contribution in [0.5, 0.6) is 0 Å². The number of aliphatic hydroxyl groups excluding tert-OH is 1. The van der Waals surface area contributed by atoms with Crippen molar-refractivity contribution in [2.75, 3.05) is 17.6 Å². The summed E-state index contributed by atoms with van der Waals surface area (Å²) < 4.78 is 0. The summed E-state index contributed by atoms with van der Waals surface area (Å²) in [5.74, 6) is 0.924. The van der Waals surface area contributed by atoms with Crippen LogP contribution in [0.2, 0.25) is 5.02 Å². The molecule has 0 saturated heterocycles. The maximum absolute atomic E-state index is 9.22. The summed E-state index contributed by atoms with van der Waals surface area (Å²) in [5, 5.41) is 12.7. The third-order valence-corrected chi connectivity index (χ3v) is 2.67. The number of nitrogens with zero attached hydrogens (tertiary/aromatic N) is 3. The lowest BCUT2D eigenvalue weighted by Gasteiger charge is -2.09. The number of hydrogen-bond donors (Lipinski definition) is 3. The second kappa shape index (κ2) is 5.81. The summed E-state index contributed by atoms with van der Waals surface area (Å²) in [7, 11) is 0. The first-order valence-electron chi connectivity index (χ1n) is 5.71. The molecule has 0 spiro atoms. The van der Waals surface area contributed by atoms with Crippen LogP contribution in [-0.4, -0.2) is 32.7 Å². The van der Waals surface area contributed by atoms with Gasteiger partial charge >= 0.3 is 0 Å². The van der Waals surface area contributed by atoms with Crippen LogP contribution in [0.15, 0.2) is 24.7 Å². The molecule has 19 heavy (non-hydrogen) atoms. The number of nitrogen functional groups attached to an aromatic ring is 1. The minimum absolute atomic E-state index is 0.364. The van der Waals surface area contributed by atoms with E-state index < -0.39 is 6.10 Å². The SMILES string of the molecule is C[C@@H](O)CNc1cncc(-c2cc(N)ncc2Cl)n1. The van der Waals surface area contributed by atoms with Crippen molar-refractivity contribution in [2.24, 2.45) is 0 Å². The molecular weight excluding hydrogens is 266 g/mol. The van der Waals surface area contributed by atoms with Crippen LogP contribution in [0.3, 0.4) is 0 Å². The topological polar surface area (TPSA) is 97.0 Å². The molecular formula is C12H14ClN5O. The largest absolute Gasteiger partial charge is 0.392 e. The molecule has 0 aromatic carbocycles. The van der Waals surface area contributed by atoms with Gasteiger partial charge in [-0.3, -0.25) is 4.98 Å². The van der Waals surface area contributed by atoms with Gasteiger partial charge in [-0.2, -0.15) is 0 Å². The summed E-state index contributed by atoms with van der Waals surface area (Å²) in [5.41, 5.74) is 6.90. The molecule has 6 nitrogen and oxygen atoms in total. The molecule has 2 aromatic heterocycles. The third-order valence-electron chi connectivity index (χ3n) is 2.37. The van der Waals surface area contributed by atoms with E-state index in [4.69, 9.17) is 17.3 Å². The number of hydrogen-bond acceptors (Lipinski definition) is 6. The Morgan fingerprint density at radius 1 is 1.42 bits per heavy atom. The van der Waals surface area contributed by atoms with Gasteiger partial charge < -0.3 is 16.2 Å². The molecule has 0 bridgehead atoms. The lowest BCUT2D eigenvalue weighted by Crippen LogP contribution is -2.16. The molecule has 0 radical (unpaired) electrons. The number of pyridine rings is 1. The number of aliphatic hydroxyl groups is 1. The molecule has 0 saturated carbocycles. The monoisotopic (exact) mass is 279 g/mol. The third kappa shape index (κ3) is 3.52. The second-order valence-electron chi connectivity index (χ2n) is 4.11. The first-order chi connectivity index (χ1) is 9.06. The van der Waals surface area contributed by atoms with Gasteiger partial charge in [-0.05, 0) is 13.0 Å². The molecule has 0 fully saturated rings. The van der Waals surface area contributed by atoms with Gasteiger partial charge in [-0.25, -0.2) is 9.97 Å². The van der Waals surface area contributed by atoms with E-state index in [1.54, 1.807) is 25.4 Å². The highest BCUT2D eigenvalue weighted by Gasteiger charge is 2.08. The lowest BCUT2D eigenvalue weighted by molar-refractivity contribution is 0.208. The zero-order chi connectivity index (χ0) is 13.8. The maximum atomic E-state index is 9.22. The molecule has 4 N–H and O–H groups in total. The average Bonchev–Trinajstić information content (AvgIpc) is 2.39. The van der Waals surface area contributed by atoms with E-state index in [-0.39, 0.29) is 0 Å². The van der Waals surface area contributed by atoms with Crippen molar-refractivity contribution in [2.45, 2.75) is 13.0 Å². The van der Waals surface area contributed by atoms with Gasteiger partial charge in [-0.1, -0.05) is 11.6 Å². The van der Waals surface area contributed by atoms with Crippen molar-refractivity contribution in [1.82, 2.24) is 15.0 Å². The smallest absolute Gasteiger partial charge is 0.145 e. The van der Waals surface area contributed by atoms with Crippen molar-refractivity contribution >= 4 is 23.2 Å². The van der Waals surface area contributed by atoms with Crippen LogP contribution in [0.4, 0.5) is 11.6 Å². The Labute approximate surface area is 115 Å². The fourth-order valence-electron chi connectivity index (χ4n) is 1.48. The van der Waals surface area contributed by atoms with E-state index in [9.17, 15) is 5.11 Å². The lowest BCUT2D eigenvalue weighted by atomic mass is 10.2. The predicted molar refractivity (Wildman–Crippen MR) is 74.9 cm³/mol. The molecule has 1 atom stereocenters. The van der Waals surface area contributed by atoms with Crippen molar-refractivity contribution < 1.29 is 5.11 Å². The highest BCUT2D eigenvalue weighted by atomic mass is 35.5. The van der Waals surface area contributed by atoms with Gasteiger partial charge in [0.2, 0.25) is 0 Å². The summed E-state index contributed by atoms with van der Waals surface area (Å²) in [6.07, 6.45) is 4.17. The first-order valence-corrected chi connectivity index (χ1v) is 6.09. The van der Waals surface area contributed by atoms with Gasteiger partial charge in [0.25, 0.3) is 0 Å². The molecule has 2 heterocycles. The molecule has 2 rings (SSSR count). The highest BCUT2D eigenvalue weighted by Crippen LogP contribution is 2.27. The minimum atomic E-state index is -0.467. The average molecular weight is 280 g/mol. The minimum Gasteiger partial charge on any atom is -0.392 e. The number of aromatic nitrogens is 3. The molecule has 0 unspecified atom stereocenters. The van der Waals surface area contributed by atoms with Crippen LogP contribution in [0.25, 0.3) is 11.3 Å². The highest BCUT2D eigenvalue weighted by molar-refractivity contribution is 6.33. The maximum Gasteiger partial charge on any atom is 0.145 e. The van der Waals surface area contributed by atoms with Crippen molar-refractivity contribution in [1.29, 1.82) is 0 Å². The summed E-state index contributed by atoms with van der Waals surface area (Å²) >= 11 is 6.06. The van der Waals surface area contributed by atoms with E-state index in [1.165, 1.54) is 6.20 Å². The van der Waals surface area contributed by atoms with Gasteiger partial charge in [0, 0.05) is 18.3 Å². The molecule has 0 amide bonds. The molecule has 2 aromatic rings. The Balaban J connectivity index is 2.29. The molecule has 7 heteroatoms. The van der Waals surface area contributed by atoms with E-state index in [1.807, 2.05) is 0 Å². The van der Waals surface area contributed by atoms with Gasteiger partial charge in [-0.15, -0.1) is 0 Å². The molecule has 0 aliphatic rings. The van der Waals surface area contributed by atoms with Crippen LogP contribution < -0.4 is 11.1 Å². The molecule has 100 valence electrons. The van der Waals surface area contributed by atoms with Crippen LogP contribution in [-0.2, 0) is 0 Å². The Morgan fingerprint density at radius 2 is 2.21 bits per heavy atom. The summed E-state index contributed by atoms with van der Waals surface area (Å²) in [6, 6.07) is 1.64. The van der Waals surface area contributed by atoms with Crippen LogP contribution in [0.1, 0.15) is 6.92 Å².